The fourth-order valence-electron chi connectivity index (χ4n) is 4.17. The van der Waals surface area contributed by atoms with Crippen molar-refractivity contribution < 1.29 is 19.0 Å². The van der Waals surface area contributed by atoms with Crippen LogP contribution in [0.3, 0.4) is 0 Å². The minimum Gasteiger partial charge on any atom is -0.445 e. The van der Waals surface area contributed by atoms with E-state index in [1.807, 2.05) is 36.4 Å². The molecule has 5 nitrogen and oxygen atoms in total. The Morgan fingerprint density at radius 3 is 2.77 bits per heavy atom. The Balaban J connectivity index is 1.38. The van der Waals surface area contributed by atoms with Gasteiger partial charge in [0.05, 0.1) is 12.6 Å². The molecule has 4 rings (SSSR count). The van der Waals surface area contributed by atoms with Crippen LogP contribution in [-0.4, -0.2) is 42.1 Å². The molecular formula is C21H27NO4. The van der Waals surface area contributed by atoms with Gasteiger partial charge in [-0.05, 0) is 24.8 Å². The summed E-state index contributed by atoms with van der Waals surface area (Å²) < 4.78 is 18.0. The van der Waals surface area contributed by atoms with Gasteiger partial charge in [0, 0.05) is 19.4 Å². The third kappa shape index (κ3) is 3.79. The number of benzene rings is 1. The van der Waals surface area contributed by atoms with E-state index in [-0.39, 0.29) is 18.2 Å². The van der Waals surface area contributed by atoms with Gasteiger partial charge in [-0.15, -0.1) is 0 Å². The van der Waals surface area contributed by atoms with E-state index in [1.165, 1.54) is 6.42 Å². The number of carbonyl (C=O) groups is 1. The molecule has 0 radical (unpaired) electrons. The molecule has 0 unspecified atom stereocenters. The number of hydrogen-bond acceptors (Lipinski definition) is 4. The zero-order valence-corrected chi connectivity index (χ0v) is 15.1. The molecular weight excluding hydrogens is 330 g/mol. The van der Waals surface area contributed by atoms with E-state index >= 15 is 0 Å². The molecule has 0 N–H and O–H groups in total. The highest BCUT2D eigenvalue weighted by Crippen LogP contribution is 2.39. The fraction of sp³-hybridized carbons (Fsp3) is 0.571. The molecule has 3 aliphatic rings. The van der Waals surface area contributed by atoms with Crippen molar-refractivity contribution in [1.82, 2.24) is 4.90 Å². The normalized spacial score (nSPS) is 27.6. The van der Waals surface area contributed by atoms with Crippen LogP contribution >= 0.6 is 0 Å². The highest BCUT2D eigenvalue weighted by Gasteiger charge is 2.46. The lowest BCUT2D eigenvalue weighted by molar-refractivity contribution is -0.192. The third-order valence-electron chi connectivity index (χ3n) is 5.61. The Morgan fingerprint density at radius 2 is 1.96 bits per heavy atom. The average molecular weight is 357 g/mol. The maximum Gasteiger partial charge on any atom is 0.410 e. The molecule has 1 aliphatic carbocycles. The van der Waals surface area contributed by atoms with E-state index in [2.05, 4.69) is 6.08 Å². The smallest absolute Gasteiger partial charge is 0.410 e. The van der Waals surface area contributed by atoms with E-state index < -0.39 is 5.79 Å². The third-order valence-corrected chi connectivity index (χ3v) is 5.61. The Hall–Kier alpha value is -1.85. The van der Waals surface area contributed by atoms with Crippen LogP contribution in [0.25, 0.3) is 0 Å². The molecule has 1 aromatic rings. The van der Waals surface area contributed by atoms with Gasteiger partial charge in [0.2, 0.25) is 0 Å². The van der Waals surface area contributed by atoms with Gasteiger partial charge < -0.3 is 14.2 Å². The minimum absolute atomic E-state index is 0.0235. The lowest BCUT2D eigenvalue weighted by atomic mass is 9.94. The predicted molar refractivity (Wildman–Crippen MR) is 97.5 cm³/mol. The number of hydrogen-bond donors (Lipinski definition) is 0. The fourth-order valence-corrected chi connectivity index (χ4v) is 4.17. The first kappa shape index (κ1) is 17.6. The minimum atomic E-state index is -0.413. The summed E-state index contributed by atoms with van der Waals surface area (Å²) in [4.78, 5) is 14.5. The van der Waals surface area contributed by atoms with Gasteiger partial charge in [0.25, 0.3) is 0 Å². The Morgan fingerprint density at radius 1 is 1.15 bits per heavy atom. The summed E-state index contributed by atoms with van der Waals surface area (Å²) in [6, 6.07) is 9.74. The number of carbonyl (C=O) groups excluding carboxylic acids is 1. The molecule has 1 amide bonds. The Kier molecular flexibility index (Phi) is 5.27. The largest absolute Gasteiger partial charge is 0.445 e. The van der Waals surface area contributed by atoms with Gasteiger partial charge in [0.15, 0.2) is 5.79 Å². The summed E-state index contributed by atoms with van der Waals surface area (Å²) in [6.45, 7) is 1.41. The molecule has 5 heteroatoms. The van der Waals surface area contributed by atoms with Gasteiger partial charge >= 0.3 is 6.09 Å². The van der Waals surface area contributed by atoms with Crippen LogP contribution in [-0.2, 0) is 20.8 Å². The predicted octanol–water partition coefficient (Wildman–Crippen LogP) is 4.03. The van der Waals surface area contributed by atoms with Gasteiger partial charge in [-0.2, -0.15) is 0 Å². The SMILES string of the molecule is O=C(OCc1ccccc1)N1CC=CC[C@@H]1[C@H]1COC2(CCCCC2)O1. The number of ether oxygens (including phenoxy) is 3. The van der Waals surface area contributed by atoms with E-state index in [9.17, 15) is 4.79 Å². The second-order valence-corrected chi connectivity index (χ2v) is 7.41. The van der Waals surface area contributed by atoms with Crippen molar-refractivity contribution >= 4 is 6.09 Å². The molecule has 2 fully saturated rings. The highest BCUT2D eigenvalue weighted by molar-refractivity contribution is 5.68. The summed E-state index contributed by atoms with van der Waals surface area (Å²) >= 11 is 0. The van der Waals surface area contributed by atoms with Crippen LogP contribution in [0.5, 0.6) is 0 Å². The van der Waals surface area contributed by atoms with Crippen LogP contribution in [0.1, 0.15) is 44.1 Å². The topological polar surface area (TPSA) is 48.0 Å². The Labute approximate surface area is 154 Å². The quantitative estimate of drug-likeness (QED) is 0.767. The molecule has 2 atom stereocenters. The van der Waals surface area contributed by atoms with Gasteiger partial charge in [-0.3, -0.25) is 4.90 Å². The van der Waals surface area contributed by atoms with Crippen molar-refractivity contribution in [1.29, 1.82) is 0 Å². The number of nitrogens with zero attached hydrogens (tertiary/aromatic N) is 1. The average Bonchev–Trinajstić information content (AvgIpc) is 3.10. The molecule has 140 valence electrons. The number of rotatable bonds is 3. The molecule has 2 aliphatic heterocycles. The molecule has 1 saturated heterocycles. The zero-order valence-electron chi connectivity index (χ0n) is 15.1. The molecule has 1 saturated carbocycles. The second-order valence-electron chi connectivity index (χ2n) is 7.41. The standard InChI is InChI=1S/C21H27NO4/c23-20(24-15-17-9-3-1-4-10-17)22-14-8-5-11-18(22)19-16-25-21(26-19)12-6-2-7-13-21/h1,3-5,8-10,18-19H,2,6-7,11-16H2/t18-,19-/m1/s1. The lowest BCUT2D eigenvalue weighted by Crippen LogP contribution is -2.50. The molecule has 0 aromatic heterocycles. The molecule has 2 heterocycles. The summed E-state index contributed by atoms with van der Waals surface area (Å²) in [6.07, 6.45) is 10.1. The van der Waals surface area contributed by atoms with E-state index in [0.29, 0.717) is 19.8 Å². The van der Waals surface area contributed by atoms with Crippen LogP contribution < -0.4 is 0 Å². The van der Waals surface area contributed by atoms with Crippen molar-refractivity contribution in [3.05, 3.63) is 48.0 Å². The first-order valence-electron chi connectivity index (χ1n) is 9.70. The maximum atomic E-state index is 12.7. The lowest BCUT2D eigenvalue weighted by Gasteiger charge is -2.37. The van der Waals surface area contributed by atoms with Crippen molar-refractivity contribution in [2.75, 3.05) is 13.2 Å². The van der Waals surface area contributed by atoms with E-state index in [4.69, 9.17) is 14.2 Å². The molecule has 26 heavy (non-hydrogen) atoms. The van der Waals surface area contributed by atoms with Gasteiger partial charge in [0.1, 0.15) is 12.7 Å². The van der Waals surface area contributed by atoms with E-state index in [0.717, 1.165) is 37.7 Å². The van der Waals surface area contributed by atoms with Crippen LogP contribution in [0, 0.1) is 0 Å². The maximum absolute atomic E-state index is 12.7. The van der Waals surface area contributed by atoms with Crippen molar-refractivity contribution in [3.8, 4) is 0 Å². The molecule has 0 bridgehead atoms. The first-order chi connectivity index (χ1) is 12.8. The highest BCUT2D eigenvalue weighted by atomic mass is 16.7. The number of amides is 1. The Bertz CT molecular complexity index is 639. The summed E-state index contributed by atoms with van der Waals surface area (Å²) in [5, 5.41) is 0. The monoisotopic (exact) mass is 357 g/mol. The van der Waals surface area contributed by atoms with Crippen molar-refractivity contribution in [3.63, 3.8) is 0 Å². The van der Waals surface area contributed by atoms with Gasteiger partial charge in [-0.25, -0.2) is 4.79 Å². The van der Waals surface area contributed by atoms with Crippen molar-refractivity contribution in [2.45, 2.75) is 63.1 Å². The zero-order chi connectivity index (χ0) is 17.8. The van der Waals surface area contributed by atoms with E-state index in [1.54, 1.807) is 4.90 Å². The molecule has 1 spiro atoms. The summed E-state index contributed by atoms with van der Waals surface area (Å²) in [5.41, 5.74) is 0.992. The first-order valence-corrected chi connectivity index (χ1v) is 9.70. The molecule has 1 aromatic carbocycles. The summed E-state index contributed by atoms with van der Waals surface area (Å²) in [7, 11) is 0. The summed E-state index contributed by atoms with van der Waals surface area (Å²) in [5.74, 6) is -0.413. The second kappa shape index (κ2) is 7.80. The van der Waals surface area contributed by atoms with Crippen LogP contribution in [0.15, 0.2) is 42.5 Å². The van der Waals surface area contributed by atoms with Crippen molar-refractivity contribution in [2.24, 2.45) is 0 Å². The van der Waals surface area contributed by atoms with Crippen LogP contribution in [0.2, 0.25) is 0 Å². The van der Waals surface area contributed by atoms with Crippen LogP contribution in [0.4, 0.5) is 4.79 Å². The van der Waals surface area contributed by atoms with Gasteiger partial charge in [-0.1, -0.05) is 48.9 Å².